The zero-order valence-electron chi connectivity index (χ0n) is 8.58. The Morgan fingerprint density at radius 2 is 2.00 bits per heavy atom. The molecule has 0 saturated carbocycles. The summed E-state index contributed by atoms with van der Waals surface area (Å²) in [5.41, 5.74) is 7.91. The first-order valence-corrected chi connectivity index (χ1v) is 5.97. The molecule has 1 nitrogen and oxygen atoms in total. The van der Waals surface area contributed by atoms with E-state index in [9.17, 15) is 0 Å². The average Bonchev–Trinajstić information content (AvgIpc) is 2.17. The lowest BCUT2D eigenvalue weighted by molar-refractivity contribution is 0.959. The van der Waals surface area contributed by atoms with Gasteiger partial charge in [-0.1, -0.05) is 24.0 Å². The maximum absolute atomic E-state index is 5.54. The SMILES string of the molecule is CSCc1ccc(C#CC(C)N)cc1. The van der Waals surface area contributed by atoms with Crippen molar-refractivity contribution in [3.05, 3.63) is 35.4 Å². The Kier molecular flexibility index (Phi) is 4.58. The van der Waals surface area contributed by atoms with E-state index in [1.807, 2.05) is 30.8 Å². The normalized spacial score (nSPS) is 11.6. The standard InChI is InChI=1S/C12H15NS/c1-10(13)3-4-11-5-7-12(8-6-11)9-14-2/h5-8,10H,9,13H2,1-2H3. The molecular weight excluding hydrogens is 190 g/mol. The minimum atomic E-state index is -0.0547. The van der Waals surface area contributed by atoms with Gasteiger partial charge in [-0.3, -0.25) is 0 Å². The zero-order chi connectivity index (χ0) is 10.4. The molecule has 1 atom stereocenters. The molecule has 0 amide bonds. The van der Waals surface area contributed by atoms with Gasteiger partial charge in [0.05, 0.1) is 6.04 Å². The van der Waals surface area contributed by atoms with E-state index in [-0.39, 0.29) is 6.04 Å². The van der Waals surface area contributed by atoms with Gasteiger partial charge in [0, 0.05) is 11.3 Å². The summed E-state index contributed by atoms with van der Waals surface area (Å²) in [7, 11) is 0. The van der Waals surface area contributed by atoms with Crippen molar-refractivity contribution in [3.8, 4) is 11.8 Å². The van der Waals surface area contributed by atoms with Crippen LogP contribution in [-0.2, 0) is 5.75 Å². The predicted octanol–water partition coefficient (Wildman–Crippen LogP) is 2.25. The van der Waals surface area contributed by atoms with Gasteiger partial charge in [-0.25, -0.2) is 0 Å². The van der Waals surface area contributed by atoms with Gasteiger partial charge in [-0.2, -0.15) is 11.8 Å². The van der Waals surface area contributed by atoms with E-state index in [4.69, 9.17) is 5.73 Å². The van der Waals surface area contributed by atoms with Gasteiger partial charge in [-0.05, 0) is 30.9 Å². The van der Waals surface area contributed by atoms with Gasteiger partial charge in [-0.15, -0.1) is 0 Å². The third-order valence-corrected chi connectivity index (χ3v) is 2.33. The molecule has 0 heterocycles. The Labute approximate surface area is 90.1 Å². The van der Waals surface area contributed by atoms with E-state index < -0.39 is 0 Å². The fourth-order valence-corrected chi connectivity index (χ4v) is 1.57. The molecule has 2 N–H and O–H groups in total. The first-order chi connectivity index (χ1) is 6.72. The molecule has 0 bridgehead atoms. The number of benzene rings is 1. The van der Waals surface area contributed by atoms with E-state index in [1.165, 1.54) is 5.56 Å². The van der Waals surface area contributed by atoms with Crippen molar-refractivity contribution in [2.45, 2.75) is 18.7 Å². The molecule has 0 aliphatic carbocycles. The highest BCUT2D eigenvalue weighted by Crippen LogP contribution is 2.09. The highest BCUT2D eigenvalue weighted by molar-refractivity contribution is 7.97. The maximum Gasteiger partial charge on any atom is 0.0639 e. The minimum Gasteiger partial charge on any atom is -0.318 e. The van der Waals surface area contributed by atoms with Gasteiger partial charge in [0.25, 0.3) is 0 Å². The largest absolute Gasteiger partial charge is 0.318 e. The Hall–Kier alpha value is -0.910. The van der Waals surface area contributed by atoms with Crippen LogP contribution < -0.4 is 5.73 Å². The number of rotatable bonds is 2. The Bertz CT molecular complexity index is 330. The van der Waals surface area contributed by atoms with E-state index in [2.05, 4.69) is 30.2 Å². The van der Waals surface area contributed by atoms with Crippen LogP contribution in [0.1, 0.15) is 18.1 Å². The molecule has 74 valence electrons. The van der Waals surface area contributed by atoms with Crippen LogP contribution in [-0.4, -0.2) is 12.3 Å². The third-order valence-electron chi connectivity index (χ3n) is 1.71. The van der Waals surface area contributed by atoms with Crippen LogP contribution in [0, 0.1) is 11.8 Å². The molecule has 1 unspecified atom stereocenters. The van der Waals surface area contributed by atoms with Crippen molar-refractivity contribution in [2.24, 2.45) is 5.73 Å². The fraction of sp³-hybridized carbons (Fsp3) is 0.333. The maximum atomic E-state index is 5.54. The first kappa shape index (κ1) is 11.2. The summed E-state index contributed by atoms with van der Waals surface area (Å²) in [6.45, 7) is 1.88. The number of nitrogens with two attached hydrogens (primary N) is 1. The fourth-order valence-electron chi connectivity index (χ4n) is 1.05. The zero-order valence-corrected chi connectivity index (χ0v) is 9.40. The summed E-state index contributed by atoms with van der Waals surface area (Å²) < 4.78 is 0. The van der Waals surface area contributed by atoms with Crippen LogP contribution in [0.15, 0.2) is 24.3 Å². The topological polar surface area (TPSA) is 26.0 Å². The van der Waals surface area contributed by atoms with Crippen LogP contribution in [0.25, 0.3) is 0 Å². The second-order valence-corrected chi connectivity index (χ2v) is 4.05. The molecule has 0 spiro atoms. The van der Waals surface area contributed by atoms with Gasteiger partial charge in [0.15, 0.2) is 0 Å². The lowest BCUT2D eigenvalue weighted by atomic mass is 10.1. The van der Waals surface area contributed by atoms with Crippen molar-refractivity contribution < 1.29 is 0 Å². The van der Waals surface area contributed by atoms with Crippen LogP contribution >= 0.6 is 11.8 Å². The summed E-state index contributed by atoms with van der Waals surface area (Å²) in [6, 6.07) is 8.26. The molecule has 1 aromatic rings. The van der Waals surface area contributed by atoms with Crippen molar-refractivity contribution in [3.63, 3.8) is 0 Å². The third kappa shape index (κ3) is 3.87. The summed E-state index contributed by atoms with van der Waals surface area (Å²) >= 11 is 1.82. The number of hydrogen-bond acceptors (Lipinski definition) is 2. The van der Waals surface area contributed by atoms with Gasteiger partial charge in [0.1, 0.15) is 0 Å². The van der Waals surface area contributed by atoms with Gasteiger partial charge >= 0.3 is 0 Å². The van der Waals surface area contributed by atoms with Crippen LogP contribution in [0.4, 0.5) is 0 Å². The van der Waals surface area contributed by atoms with Crippen molar-refractivity contribution >= 4 is 11.8 Å². The lowest BCUT2D eigenvalue weighted by Crippen LogP contribution is -2.10. The van der Waals surface area contributed by atoms with E-state index in [1.54, 1.807) is 0 Å². The Morgan fingerprint density at radius 3 is 2.50 bits per heavy atom. The predicted molar refractivity (Wildman–Crippen MR) is 64.2 cm³/mol. The summed E-state index contributed by atoms with van der Waals surface area (Å²) in [5, 5.41) is 0. The van der Waals surface area contributed by atoms with E-state index >= 15 is 0 Å². The highest BCUT2D eigenvalue weighted by Gasteiger charge is 1.91. The van der Waals surface area contributed by atoms with Crippen LogP contribution in [0.5, 0.6) is 0 Å². The molecule has 0 fully saturated rings. The van der Waals surface area contributed by atoms with Crippen LogP contribution in [0.2, 0.25) is 0 Å². The average molecular weight is 205 g/mol. The number of hydrogen-bond donors (Lipinski definition) is 1. The lowest BCUT2D eigenvalue weighted by Gasteiger charge is -1.97. The van der Waals surface area contributed by atoms with Crippen molar-refractivity contribution in [1.82, 2.24) is 0 Å². The molecule has 1 rings (SSSR count). The van der Waals surface area contributed by atoms with Gasteiger partial charge in [0.2, 0.25) is 0 Å². The molecule has 0 saturated heterocycles. The second-order valence-electron chi connectivity index (χ2n) is 3.19. The summed E-state index contributed by atoms with van der Waals surface area (Å²) in [6.07, 6.45) is 2.10. The monoisotopic (exact) mass is 205 g/mol. The second kappa shape index (κ2) is 5.74. The molecule has 0 aliphatic heterocycles. The molecule has 14 heavy (non-hydrogen) atoms. The van der Waals surface area contributed by atoms with E-state index in [0.29, 0.717) is 0 Å². The summed E-state index contributed by atoms with van der Waals surface area (Å²) in [5.74, 6) is 7.02. The van der Waals surface area contributed by atoms with Crippen LogP contribution in [0.3, 0.4) is 0 Å². The van der Waals surface area contributed by atoms with Gasteiger partial charge < -0.3 is 5.73 Å². The highest BCUT2D eigenvalue weighted by atomic mass is 32.2. The van der Waals surface area contributed by atoms with Crippen molar-refractivity contribution in [1.29, 1.82) is 0 Å². The first-order valence-electron chi connectivity index (χ1n) is 4.57. The molecule has 1 aromatic carbocycles. The molecule has 0 radical (unpaired) electrons. The minimum absolute atomic E-state index is 0.0547. The van der Waals surface area contributed by atoms with Crippen molar-refractivity contribution in [2.75, 3.05) is 6.26 Å². The number of thioether (sulfide) groups is 1. The molecular formula is C12H15NS. The smallest absolute Gasteiger partial charge is 0.0639 e. The summed E-state index contributed by atoms with van der Waals surface area (Å²) in [4.78, 5) is 0. The Morgan fingerprint density at radius 1 is 1.36 bits per heavy atom. The molecule has 2 heteroatoms. The molecule has 0 aliphatic rings. The molecule has 0 aromatic heterocycles. The van der Waals surface area contributed by atoms with E-state index in [0.717, 1.165) is 11.3 Å². The quantitative estimate of drug-likeness (QED) is 0.749. The Balaban J connectivity index is 2.70.